The quantitative estimate of drug-likeness (QED) is 0.557. The molecule has 0 N–H and O–H groups in total. The molecule has 0 aliphatic carbocycles. The maximum absolute atomic E-state index is 11.2. The molecule has 0 aromatic carbocycles. The average molecular weight is 214 g/mol. The molecular formula is C8H8BrNO. The van der Waals surface area contributed by atoms with E-state index >= 15 is 0 Å². The fraction of sp³-hybridized carbons (Fsp3) is 0.250. The van der Waals surface area contributed by atoms with Crippen LogP contribution < -0.4 is 0 Å². The second kappa shape index (κ2) is 3.62. The highest BCUT2D eigenvalue weighted by Gasteiger charge is 2.11. The van der Waals surface area contributed by atoms with E-state index in [1.165, 1.54) is 0 Å². The summed E-state index contributed by atoms with van der Waals surface area (Å²) in [5, 5.41) is 0. The van der Waals surface area contributed by atoms with Gasteiger partial charge in [-0.15, -0.1) is 0 Å². The second-order valence-electron chi connectivity index (χ2n) is 2.20. The maximum Gasteiger partial charge on any atom is 0.194 e. The number of carbonyl (C=O) groups is 1. The summed E-state index contributed by atoms with van der Waals surface area (Å²) >= 11 is 3.19. The zero-order chi connectivity index (χ0) is 8.27. The molecule has 1 heterocycles. The predicted molar refractivity (Wildman–Crippen MR) is 47.0 cm³/mol. The van der Waals surface area contributed by atoms with Crippen LogP contribution in [0.1, 0.15) is 17.4 Å². The molecule has 0 saturated carbocycles. The first kappa shape index (κ1) is 8.40. The van der Waals surface area contributed by atoms with Crippen LogP contribution in [0, 0.1) is 0 Å². The number of ketones is 1. The summed E-state index contributed by atoms with van der Waals surface area (Å²) in [6, 6.07) is 5.30. The van der Waals surface area contributed by atoms with E-state index in [4.69, 9.17) is 0 Å². The third-order valence-electron chi connectivity index (χ3n) is 1.28. The van der Waals surface area contributed by atoms with Crippen LogP contribution in [0.4, 0.5) is 0 Å². The van der Waals surface area contributed by atoms with E-state index < -0.39 is 0 Å². The Labute approximate surface area is 73.8 Å². The van der Waals surface area contributed by atoms with E-state index in [1.807, 2.05) is 0 Å². The lowest BCUT2D eigenvalue weighted by Gasteiger charge is -1.99. The SMILES string of the molecule is C[C@H](Br)C(=O)c1ccccn1. The minimum Gasteiger partial charge on any atom is -0.291 e. The van der Waals surface area contributed by atoms with Gasteiger partial charge < -0.3 is 0 Å². The van der Waals surface area contributed by atoms with Crippen LogP contribution >= 0.6 is 15.9 Å². The van der Waals surface area contributed by atoms with Gasteiger partial charge in [0.1, 0.15) is 5.69 Å². The van der Waals surface area contributed by atoms with E-state index in [0.717, 1.165) is 0 Å². The van der Waals surface area contributed by atoms with Crippen LogP contribution in [-0.2, 0) is 0 Å². The van der Waals surface area contributed by atoms with Crippen LogP contribution in [-0.4, -0.2) is 15.6 Å². The molecule has 1 aromatic heterocycles. The smallest absolute Gasteiger partial charge is 0.194 e. The van der Waals surface area contributed by atoms with Gasteiger partial charge in [-0.05, 0) is 19.1 Å². The fourth-order valence-corrected chi connectivity index (χ4v) is 0.947. The van der Waals surface area contributed by atoms with E-state index in [9.17, 15) is 4.79 Å². The zero-order valence-electron chi connectivity index (χ0n) is 6.12. The molecule has 0 amide bonds. The summed E-state index contributed by atoms with van der Waals surface area (Å²) in [5.41, 5.74) is 0.511. The highest BCUT2D eigenvalue weighted by molar-refractivity contribution is 9.10. The van der Waals surface area contributed by atoms with Crippen molar-refractivity contribution in [1.82, 2.24) is 4.98 Å². The van der Waals surface area contributed by atoms with Gasteiger partial charge in [-0.2, -0.15) is 0 Å². The van der Waals surface area contributed by atoms with E-state index in [0.29, 0.717) is 5.69 Å². The Kier molecular flexibility index (Phi) is 2.76. The number of Topliss-reactive ketones (excluding diaryl/α,β-unsaturated/α-hetero) is 1. The number of alkyl halides is 1. The number of carbonyl (C=O) groups excluding carboxylic acids is 1. The second-order valence-corrected chi connectivity index (χ2v) is 3.57. The van der Waals surface area contributed by atoms with Gasteiger partial charge in [-0.3, -0.25) is 9.78 Å². The van der Waals surface area contributed by atoms with E-state index in [2.05, 4.69) is 20.9 Å². The molecule has 0 saturated heterocycles. The van der Waals surface area contributed by atoms with Gasteiger partial charge in [0.15, 0.2) is 5.78 Å². The Morgan fingerprint density at radius 3 is 2.82 bits per heavy atom. The minimum atomic E-state index is -0.155. The molecule has 0 fully saturated rings. The van der Waals surface area contributed by atoms with Crippen LogP contribution in [0.3, 0.4) is 0 Å². The van der Waals surface area contributed by atoms with Gasteiger partial charge in [0, 0.05) is 6.20 Å². The Bertz CT molecular complexity index is 246. The summed E-state index contributed by atoms with van der Waals surface area (Å²) in [6.45, 7) is 1.79. The van der Waals surface area contributed by atoms with Crippen molar-refractivity contribution in [3.8, 4) is 0 Å². The standard InChI is InChI=1S/C8H8BrNO/c1-6(9)8(11)7-4-2-3-5-10-7/h2-6H,1H3/t6-/m0/s1. The number of hydrogen-bond donors (Lipinski definition) is 0. The first-order valence-electron chi connectivity index (χ1n) is 3.31. The van der Waals surface area contributed by atoms with Gasteiger partial charge >= 0.3 is 0 Å². The molecule has 11 heavy (non-hydrogen) atoms. The highest BCUT2D eigenvalue weighted by atomic mass is 79.9. The minimum absolute atomic E-state index is 0.0191. The third kappa shape index (κ3) is 2.12. The number of aromatic nitrogens is 1. The molecule has 0 bridgehead atoms. The van der Waals surface area contributed by atoms with Crippen molar-refractivity contribution in [3.05, 3.63) is 30.1 Å². The fourth-order valence-electron chi connectivity index (χ4n) is 0.712. The van der Waals surface area contributed by atoms with Crippen LogP contribution in [0.15, 0.2) is 24.4 Å². The molecule has 0 spiro atoms. The van der Waals surface area contributed by atoms with Crippen LogP contribution in [0.25, 0.3) is 0 Å². The molecule has 0 aliphatic heterocycles. The van der Waals surface area contributed by atoms with Gasteiger partial charge in [-0.1, -0.05) is 22.0 Å². The van der Waals surface area contributed by atoms with Gasteiger partial charge in [-0.25, -0.2) is 0 Å². The molecular weight excluding hydrogens is 206 g/mol. The van der Waals surface area contributed by atoms with Gasteiger partial charge in [0.2, 0.25) is 0 Å². The predicted octanol–water partition coefficient (Wildman–Crippen LogP) is 2.05. The van der Waals surface area contributed by atoms with Crippen molar-refractivity contribution in [2.45, 2.75) is 11.8 Å². The Morgan fingerprint density at radius 2 is 2.36 bits per heavy atom. The average Bonchev–Trinajstić information content (AvgIpc) is 2.05. The van der Waals surface area contributed by atoms with E-state index in [-0.39, 0.29) is 10.6 Å². The van der Waals surface area contributed by atoms with Crippen molar-refractivity contribution in [3.63, 3.8) is 0 Å². The van der Waals surface area contributed by atoms with E-state index in [1.54, 1.807) is 31.3 Å². The Morgan fingerprint density at radius 1 is 1.64 bits per heavy atom. The summed E-state index contributed by atoms with van der Waals surface area (Å²) < 4.78 is 0. The first-order chi connectivity index (χ1) is 5.22. The van der Waals surface area contributed by atoms with Crippen LogP contribution in [0.5, 0.6) is 0 Å². The monoisotopic (exact) mass is 213 g/mol. The largest absolute Gasteiger partial charge is 0.291 e. The summed E-state index contributed by atoms with van der Waals surface area (Å²) in [6.07, 6.45) is 1.61. The molecule has 1 rings (SSSR count). The highest BCUT2D eigenvalue weighted by Crippen LogP contribution is 2.06. The lowest BCUT2D eigenvalue weighted by atomic mass is 10.2. The number of pyridine rings is 1. The van der Waals surface area contributed by atoms with Crippen molar-refractivity contribution < 1.29 is 4.79 Å². The number of hydrogen-bond acceptors (Lipinski definition) is 2. The molecule has 3 heteroatoms. The maximum atomic E-state index is 11.2. The third-order valence-corrected chi connectivity index (χ3v) is 1.69. The zero-order valence-corrected chi connectivity index (χ0v) is 7.71. The molecule has 0 radical (unpaired) electrons. The number of rotatable bonds is 2. The van der Waals surface area contributed by atoms with Crippen molar-refractivity contribution >= 4 is 21.7 Å². The topological polar surface area (TPSA) is 30.0 Å². The molecule has 1 aromatic rings. The van der Waals surface area contributed by atoms with Crippen molar-refractivity contribution in [2.75, 3.05) is 0 Å². The summed E-state index contributed by atoms with van der Waals surface area (Å²) in [4.78, 5) is 15.0. The molecule has 0 aliphatic rings. The molecule has 2 nitrogen and oxygen atoms in total. The first-order valence-corrected chi connectivity index (χ1v) is 4.22. The molecule has 58 valence electrons. The molecule has 0 unspecified atom stereocenters. The van der Waals surface area contributed by atoms with Crippen molar-refractivity contribution in [2.24, 2.45) is 0 Å². The molecule has 1 atom stereocenters. The number of nitrogens with zero attached hydrogens (tertiary/aromatic N) is 1. The number of halogens is 1. The van der Waals surface area contributed by atoms with Gasteiger partial charge in [0.05, 0.1) is 4.83 Å². The van der Waals surface area contributed by atoms with Crippen LogP contribution in [0.2, 0.25) is 0 Å². The van der Waals surface area contributed by atoms with Gasteiger partial charge in [0.25, 0.3) is 0 Å². The Hall–Kier alpha value is -0.700. The summed E-state index contributed by atoms with van der Waals surface area (Å²) in [5.74, 6) is 0.0191. The lowest BCUT2D eigenvalue weighted by molar-refractivity contribution is 0.0991. The van der Waals surface area contributed by atoms with Crippen molar-refractivity contribution in [1.29, 1.82) is 0 Å². The summed E-state index contributed by atoms with van der Waals surface area (Å²) in [7, 11) is 0. The lowest BCUT2D eigenvalue weighted by Crippen LogP contribution is -2.11. The normalized spacial score (nSPS) is 12.5. The Balaban J connectivity index is 2.86.